The molecule has 0 radical (unpaired) electrons. The quantitative estimate of drug-likeness (QED) is 0.173. The fraction of sp³-hybridized carbons (Fsp3) is 0. The highest BCUT2D eigenvalue weighted by Gasteiger charge is 2.21. The van der Waals surface area contributed by atoms with Gasteiger partial charge in [-0.15, -0.1) is 0 Å². The zero-order valence-corrected chi connectivity index (χ0v) is 29.8. The molecule has 3 heteroatoms. The fourth-order valence-electron chi connectivity index (χ4n) is 8.21. The Morgan fingerprint density at radius 1 is 0.309 bits per heavy atom. The maximum Gasteiger partial charge on any atom is 0.159 e. The molecule has 0 bridgehead atoms. The van der Waals surface area contributed by atoms with E-state index < -0.39 is 0 Å². The molecule has 11 rings (SSSR count). The van der Waals surface area contributed by atoms with Crippen LogP contribution in [0.15, 0.2) is 209 Å². The smallest absolute Gasteiger partial charge is 0.159 e. The van der Waals surface area contributed by atoms with Crippen molar-refractivity contribution in [3.8, 4) is 33.4 Å². The van der Waals surface area contributed by atoms with Crippen LogP contribution in [-0.2, 0) is 0 Å². The number of furan rings is 2. The lowest BCUT2D eigenvalue weighted by Crippen LogP contribution is -2.10. The number of para-hydroxylation sites is 2. The van der Waals surface area contributed by atoms with Crippen molar-refractivity contribution >= 4 is 71.7 Å². The van der Waals surface area contributed by atoms with E-state index >= 15 is 0 Å². The first-order chi connectivity index (χ1) is 27.3. The van der Waals surface area contributed by atoms with Crippen LogP contribution >= 0.6 is 0 Å². The number of fused-ring (bicyclic) bond motifs is 7. The van der Waals surface area contributed by atoms with Crippen LogP contribution in [0.3, 0.4) is 0 Å². The maximum atomic E-state index is 6.76. The molecule has 0 spiro atoms. The normalized spacial score (nSPS) is 11.6. The van der Waals surface area contributed by atoms with E-state index in [1.54, 1.807) is 0 Å². The van der Waals surface area contributed by atoms with E-state index in [9.17, 15) is 0 Å². The van der Waals surface area contributed by atoms with Crippen molar-refractivity contribution in [2.45, 2.75) is 0 Å². The van der Waals surface area contributed by atoms with Crippen LogP contribution in [0.2, 0.25) is 0 Å². The molecule has 0 aliphatic heterocycles. The summed E-state index contributed by atoms with van der Waals surface area (Å²) in [6, 6.07) is 70.8. The molecule has 0 saturated heterocycles. The molecule has 3 nitrogen and oxygen atoms in total. The van der Waals surface area contributed by atoms with Gasteiger partial charge in [-0.1, -0.05) is 152 Å². The minimum absolute atomic E-state index is 0.854. The Kier molecular flexibility index (Phi) is 7.17. The summed E-state index contributed by atoms with van der Waals surface area (Å²) in [5, 5.41) is 6.76. The second kappa shape index (κ2) is 12.6. The third kappa shape index (κ3) is 5.20. The van der Waals surface area contributed by atoms with Crippen LogP contribution in [0.4, 0.5) is 17.1 Å². The van der Waals surface area contributed by atoms with Gasteiger partial charge in [-0.2, -0.15) is 0 Å². The lowest BCUT2D eigenvalue weighted by molar-refractivity contribution is 0.669. The van der Waals surface area contributed by atoms with Crippen LogP contribution in [0.25, 0.3) is 88.0 Å². The topological polar surface area (TPSA) is 29.5 Å². The highest BCUT2D eigenvalue weighted by atomic mass is 16.3. The van der Waals surface area contributed by atoms with Crippen molar-refractivity contribution in [2.24, 2.45) is 0 Å². The van der Waals surface area contributed by atoms with Gasteiger partial charge in [0.15, 0.2) is 5.58 Å². The Morgan fingerprint density at radius 2 is 0.818 bits per heavy atom. The van der Waals surface area contributed by atoms with Crippen molar-refractivity contribution in [1.29, 1.82) is 0 Å². The Hall–Kier alpha value is -7.36. The summed E-state index contributed by atoms with van der Waals surface area (Å²) >= 11 is 0. The van der Waals surface area contributed by atoms with Crippen LogP contribution in [-0.4, -0.2) is 0 Å². The fourth-order valence-corrected chi connectivity index (χ4v) is 8.21. The molecule has 9 aromatic carbocycles. The zero-order valence-electron chi connectivity index (χ0n) is 29.8. The number of anilines is 3. The van der Waals surface area contributed by atoms with Crippen molar-refractivity contribution in [2.75, 3.05) is 4.90 Å². The van der Waals surface area contributed by atoms with Crippen LogP contribution < -0.4 is 4.90 Å². The molecular formula is C52H33NO2. The molecule has 0 aliphatic carbocycles. The predicted octanol–water partition coefficient (Wildman–Crippen LogP) is 15.1. The van der Waals surface area contributed by atoms with Gasteiger partial charge in [-0.05, 0) is 81.7 Å². The van der Waals surface area contributed by atoms with E-state index in [0.717, 1.165) is 83.2 Å². The molecule has 0 atom stereocenters. The van der Waals surface area contributed by atoms with Crippen molar-refractivity contribution < 1.29 is 8.83 Å². The largest absolute Gasteiger partial charge is 0.455 e. The number of rotatable bonds is 6. The summed E-state index contributed by atoms with van der Waals surface area (Å²) in [6.45, 7) is 0. The monoisotopic (exact) mass is 703 g/mol. The van der Waals surface area contributed by atoms with E-state index in [4.69, 9.17) is 8.83 Å². The van der Waals surface area contributed by atoms with Crippen LogP contribution in [0.5, 0.6) is 0 Å². The maximum absolute atomic E-state index is 6.76. The summed E-state index contributed by atoms with van der Waals surface area (Å²) in [4.78, 5) is 2.34. The van der Waals surface area contributed by atoms with Gasteiger partial charge >= 0.3 is 0 Å². The van der Waals surface area contributed by atoms with E-state index in [2.05, 4.69) is 199 Å². The van der Waals surface area contributed by atoms with Gasteiger partial charge in [0.2, 0.25) is 0 Å². The Morgan fingerprint density at radius 3 is 1.55 bits per heavy atom. The van der Waals surface area contributed by atoms with Gasteiger partial charge in [-0.25, -0.2) is 0 Å². The summed E-state index contributed by atoms with van der Waals surface area (Å²) in [5.74, 6) is 0. The summed E-state index contributed by atoms with van der Waals surface area (Å²) in [7, 11) is 0. The Labute approximate surface area is 317 Å². The van der Waals surface area contributed by atoms with Crippen molar-refractivity contribution in [3.05, 3.63) is 200 Å². The van der Waals surface area contributed by atoms with E-state index in [1.165, 1.54) is 21.9 Å². The number of nitrogens with zero attached hydrogens (tertiary/aromatic N) is 1. The standard InChI is InChI=1S/C52H33NO2/c1-3-12-34(13-4-1)38-26-31-50-46(32-38)44-21-11-23-48(52(44)55-50)53(47-22-9-17-36-16-7-8-18-41(36)47)40-28-24-35(25-29-40)39-27-30-49-45(33-39)43-20-10-19-42(51(43)54-49)37-14-5-2-6-15-37/h1-33H. The van der Waals surface area contributed by atoms with Crippen molar-refractivity contribution in [1.82, 2.24) is 0 Å². The molecular weight excluding hydrogens is 671 g/mol. The molecule has 0 aliphatic rings. The molecule has 0 saturated carbocycles. The van der Waals surface area contributed by atoms with E-state index in [1.807, 2.05) is 6.07 Å². The van der Waals surface area contributed by atoms with Gasteiger partial charge in [0.25, 0.3) is 0 Å². The SMILES string of the molecule is c1ccc(-c2ccc3oc4c(N(c5ccc(-c6ccc7oc8c(-c9ccccc9)cccc8c7c6)cc5)c5cccc6ccccc56)cccc4c3c2)cc1. The number of hydrogen-bond donors (Lipinski definition) is 0. The van der Waals surface area contributed by atoms with Gasteiger partial charge < -0.3 is 13.7 Å². The molecule has 2 heterocycles. The average molecular weight is 704 g/mol. The molecule has 2 aromatic heterocycles. The van der Waals surface area contributed by atoms with Gasteiger partial charge in [0.05, 0.1) is 11.4 Å². The van der Waals surface area contributed by atoms with E-state index in [0.29, 0.717) is 0 Å². The highest BCUT2D eigenvalue weighted by Crippen LogP contribution is 2.45. The zero-order chi connectivity index (χ0) is 36.3. The molecule has 11 aromatic rings. The highest BCUT2D eigenvalue weighted by molar-refractivity contribution is 6.13. The Bertz CT molecular complexity index is 3190. The molecule has 0 unspecified atom stereocenters. The first kappa shape index (κ1) is 31.2. The number of benzene rings is 9. The first-order valence-corrected chi connectivity index (χ1v) is 18.7. The molecule has 258 valence electrons. The predicted molar refractivity (Wildman–Crippen MR) is 229 cm³/mol. The average Bonchev–Trinajstić information content (AvgIpc) is 3.83. The first-order valence-electron chi connectivity index (χ1n) is 18.7. The summed E-state index contributed by atoms with van der Waals surface area (Å²) in [5.41, 5.74) is 13.5. The minimum atomic E-state index is 0.854. The van der Waals surface area contributed by atoms with Crippen LogP contribution in [0.1, 0.15) is 0 Å². The lowest BCUT2D eigenvalue weighted by Gasteiger charge is -2.27. The Balaban J connectivity index is 1.05. The second-order valence-corrected chi connectivity index (χ2v) is 14.1. The van der Waals surface area contributed by atoms with Gasteiger partial charge in [0, 0.05) is 38.2 Å². The van der Waals surface area contributed by atoms with Crippen LogP contribution in [0, 0.1) is 0 Å². The third-order valence-electron chi connectivity index (χ3n) is 10.9. The molecule has 55 heavy (non-hydrogen) atoms. The molecule has 0 amide bonds. The van der Waals surface area contributed by atoms with Gasteiger partial charge in [0.1, 0.15) is 16.7 Å². The van der Waals surface area contributed by atoms with Crippen molar-refractivity contribution in [3.63, 3.8) is 0 Å². The third-order valence-corrected chi connectivity index (χ3v) is 10.9. The second-order valence-electron chi connectivity index (χ2n) is 14.1. The van der Waals surface area contributed by atoms with Gasteiger partial charge in [-0.3, -0.25) is 0 Å². The number of hydrogen-bond acceptors (Lipinski definition) is 3. The molecule has 0 N–H and O–H groups in total. The van der Waals surface area contributed by atoms with E-state index in [-0.39, 0.29) is 0 Å². The molecule has 0 fully saturated rings. The summed E-state index contributed by atoms with van der Waals surface area (Å²) in [6.07, 6.45) is 0. The minimum Gasteiger partial charge on any atom is -0.455 e. The summed E-state index contributed by atoms with van der Waals surface area (Å²) < 4.78 is 13.2. The lowest BCUT2D eigenvalue weighted by atomic mass is 9.99.